The number of hydrogen-bond acceptors (Lipinski definition) is 2. The number of aromatic amines is 1. The number of hydrogen-bond donors (Lipinski definition) is 1. The monoisotopic (exact) mass is 246 g/mol. The summed E-state index contributed by atoms with van der Waals surface area (Å²) in [7, 11) is 0. The topological polar surface area (TPSA) is 53.2 Å². The molecule has 1 saturated carbocycles. The minimum atomic E-state index is 0.0463. The van der Waals surface area contributed by atoms with E-state index in [0.717, 1.165) is 37.3 Å². The van der Waals surface area contributed by atoms with Crippen LogP contribution in [0.1, 0.15) is 36.6 Å². The molecule has 0 spiro atoms. The molecular formula is C14H18N2O2. The van der Waals surface area contributed by atoms with Crippen LogP contribution in [0.25, 0.3) is 0 Å². The molecule has 2 aliphatic rings. The molecule has 0 atom stereocenters. The van der Waals surface area contributed by atoms with Crippen molar-refractivity contribution in [2.45, 2.75) is 32.1 Å². The molecule has 0 unspecified atom stereocenters. The van der Waals surface area contributed by atoms with Crippen molar-refractivity contribution in [3.8, 4) is 0 Å². The third-order valence-electron chi connectivity index (χ3n) is 4.09. The van der Waals surface area contributed by atoms with Gasteiger partial charge in [0.25, 0.3) is 0 Å². The van der Waals surface area contributed by atoms with Gasteiger partial charge in [-0.15, -0.1) is 0 Å². The smallest absolute Gasteiger partial charge is 0.225 e. The summed E-state index contributed by atoms with van der Waals surface area (Å²) in [5.41, 5.74) is 1.91. The maximum absolute atomic E-state index is 12.0. The van der Waals surface area contributed by atoms with Crippen LogP contribution in [0.3, 0.4) is 0 Å². The standard InChI is InChI=1S/C14H18N2O2/c1-9-5-12(17)6-13(15-9)11-7-16(8-11)14(18)10-3-2-4-10/h5-6,10-11H,2-4,7-8H2,1H3,(H,15,17). The van der Waals surface area contributed by atoms with E-state index in [9.17, 15) is 9.59 Å². The van der Waals surface area contributed by atoms with Gasteiger partial charge < -0.3 is 9.88 Å². The number of nitrogens with zero attached hydrogens (tertiary/aromatic N) is 1. The number of pyridine rings is 1. The summed E-state index contributed by atoms with van der Waals surface area (Å²) in [6, 6.07) is 3.25. The van der Waals surface area contributed by atoms with Gasteiger partial charge in [0, 0.05) is 48.4 Å². The molecule has 1 N–H and O–H groups in total. The highest BCUT2D eigenvalue weighted by Crippen LogP contribution is 2.33. The Labute approximate surface area is 106 Å². The first-order valence-electron chi connectivity index (χ1n) is 6.63. The fourth-order valence-corrected chi connectivity index (χ4v) is 2.70. The van der Waals surface area contributed by atoms with Crippen molar-refractivity contribution in [1.82, 2.24) is 9.88 Å². The van der Waals surface area contributed by atoms with Crippen LogP contribution in [-0.2, 0) is 4.79 Å². The Morgan fingerprint density at radius 2 is 2.06 bits per heavy atom. The van der Waals surface area contributed by atoms with Gasteiger partial charge in [0.05, 0.1) is 0 Å². The van der Waals surface area contributed by atoms with E-state index in [1.54, 1.807) is 12.1 Å². The number of carbonyl (C=O) groups is 1. The summed E-state index contributed by atoms with van der Waals surface area (Å²) >= 11 is 0. The predicted molar refractivity (Wildman–Crippen MR) is 68.5 cm³/mol. The second kappa shape index (κ2) is 4.26. The number of likely N-dealkylation sites (tertiary alicyclic amines) is 1. The molecule has 0 radical (unpaired) electrons. The van der Waals surface area contributed by atoms with Crippen LogP contribution in [-0.4, -0.2) is 28.9 Å². The molecule has 2 fully saturated rings. The van der Waals surface area contributed by atoms with Crippen LogP contribution < -0.4 is 5.43 Å². The van der Waals surface area contributed by atoms with E-state index in [2.05, 4.69) is 4.98 Å². The third-order valence-corrected chi connectivity index (χ3v) is 4.09. The van der Waals surface area contributed by atoms with Gasteiger partial charge in [-0.25, -0.2) is 0 Å². The second-order valence-electron chi connectivity index (χ2n) is 5.52. The first-order chi connectivity index (χ1) is 8.63. The quantitative estimate of drug-likeness (QED) is 0.857. The molecular weight excluding hydrogens is 228 g/mol. The SMILES string of the molecule is Cc1cc(=O)cc(C2CN(C(=O)C3CCC3)C2)[nH]1. The maximum Gasteiger partial charge on any atom is 0.225 e. The number of nitrogens with one attached hydrogen (secondary N) is 1. The van der Waals surface area contributed by atoms with E-state index in [1.165, 1.54) is 6.42 Å². The zero-order chi connectivity index (χ0) is 12.7. The molecule has 0 bridgehead atoms. The van der Waals surface area contributed by atoms with Crippen molar-refractivity contribution in [3.63, 3.8) is 0 Å². The lowest BCUT2D eigenvalue weighted by Crippen LogP contribution is -2.52. The van der Waals surface area contributed by atoms with Crippen LogP contribution in [0, 0.1) is 12.8 Å². The Morgan fingerprint density at radius 3 is 2.61 bits per heavy atom. The Kier molecular flexibility index (Phi) is 2.73. The van der Waals surface area contributed by atoms with Crippen LogP contribution in [0.5, 0.6) is 0 Å². The van der Waals surface area contributed by atoms with Crippen molar-refractivity contribution in [2.75, 3.05) is 13.1 Å². The summed E-state index contributed by atoms with van der Waals surface area (Å²) in [5, 5.41) is 0. The average molecular weight is 246 g/mol. The molecule has 1 aromatic rings. The molecule has 4 nitrogen and oxygen atoms in total. The highest BCUT2D eigenvalue weighted by Gasteiger charge is 2.37. The van der Waals surface area contributed by atoms with Gasteiger partial charge in [-0.1, -0.05) is 6.42 Å². The molecule has 3 rings (SSSR count). The van der Waals surface area contributed by atoms with Crippen LogP contribution >= 0.6 is 0 Å². The normalized spacial score (nSPS) is 20.4. The fraction of sp³-hybridized carbons (Fsp3) is 0.571. The van der Waals surface area contributed by atoms with E-state index in [4.69, 9.17) is 0 Å². The van der Waals surface area contributed by atoms with Crippen molar-refractivity contribution >= 4 is 5.91 Å². The molecule has 96 valence electrons. The van der Waals surface area contributed by atoms with E-state index in [1.807, 2.05) is 11.8 Å². The minimum Gasteiger partial charge on any atom is -0.362 e. The predicted octanol–water partition coefficient (Wildman–Crippen LogP) is 1.41. The second-order valence-corrected chi connectivity index (χ2v) is 5.52. The Hall–Kier alpha value is -1.58. The highest BCUT2D eigenvalue weighted by atomic mass is 16.2. The average Bonchev–Trinajstić information content (AvgIpc) is 2.09. The fourth-order valence-electron chi connectivity index (χ4n) is 2.70. The zero-order valence-electron chi connectivity index (χ0n) is 10.6. The Bertz CT molecular complexity index is 525. The third kappa shape index (κ3) is 1.96. The molecule has 1 saturated heterocycles. The number of aromatic nitrogens is 1. The lowest BCUT2D eigenvalue weighted by molar-refractivity contribution is -0.142. The van der Waals surface area contributed by atoms with E-state index in [-0.39, 0.29) is 11.3 Å². The lowest BCUT2D eigenvalue weighted by Gasteiger charge is -2.42. The van der Waals surface area contributed by atoms with Gasteiger partial charge in [0.15, 0.2) is 5.43 Å². The van der Waals surface area contributed by atoms with Crippen molar-refractivity contribution in [1.29, 1.82) is 0 Å². The van der Waals surface area contributed by atoms with Crippen molar-refractivity contribution in [2.24, 2.45) is 5.92 Å². The Morgan fingerprint density at radius 1 is 1.33 bits per heavy atom. The largest absolute Gasteiger partial charge is 0.362 e. The lowest BCUT2D eigenvalue weighted by atomic mass is 9.82. The van der Waals surface area contributed by atoms with E-state index < -0.39 is 0 Å². The Balaban J connectivity index is 1.64. The first-order valence-corrected chi connectivity index (χ1v) is 6.63. The molecule has 1 aromatic heterocycles. The van der Waals surface area contributed by atoms with Gasteiger partial charge in [-0.05, 0) is 19.8 Å². The summed E-state index contributed by atoms with van der Waals surface area (Å²) in [5.74, 6) is 0.900. The number of aryl methyl sites for hydroxylation is 1. The summed E-state index contributed by atoms with van der Waals surface area (Å²) in [6.07, 6.45) is 3.31. The number of carbonyl (C=O) groups excluding carboxylic acids is 1. The van der Waals surface area contributed by atoms with Gasteiger partial charge >= 0.3 is 0 Å². The van der Waals surface area contributed by atoms with E-state index >= 15 is 0 Å². The minimum absolute atomic E-state index is 0.0463. The molecule has 4 heteroatoms. The summed E-state index contributed by atoms with van der Waals surface area (Å²) < 4.78 is 0. The van der Waals surface area contributed by atoms with Crippen molar-refractivity contribution < 1.29 is 4.79 Å². The molecule has 1 aliphatic heterocycles. The van der Waals surface area contributed by atoms with Gasteiger partial charge in [-0.3, -0.25) is 9.59 Å². The van der Waals surface area contributed by atoms with E-state index in [0.29, 0.717) is 11.8 Å². The van der Waals surface area contributed by atoms with Gasteiger partial charge in [0.2, 0.25) is 5.91 Å². The molecule has 1 amide bonds. The van der Waals surface area contributed by atoms with Gasteiger partial charge in [0.1, 0.15) is 0 Å². The number of amides is 1. The molecule has 0 aromatic carbocycles. The molecule has 1 aliphatic carbocycles. The molecule has 18 heavy (non-hydrogen) atoms. The van der Waals surface area contributed by atoms with Crippen LogP contribution in [0.2, 0.25) is 0 Å². The summed E-state index contributed by atoms with van der Waals surface area (Å²) in [6.45, 7) is 3.41. The summed E-state index contributed by atoms with van der Waals surface area (Å²) in [4.78, 5) is 28.6. The molecule has 2 heterocycles. The maximum atomic E-state index is 12.0. The van der Waals surface area contributed by atoms with Crippen molar-refractivity contribution in [3.05, 3.63) is 33.7 Å². The zero-order valence-corrected chi connectivity index (χ0v) is 10.6. The first kappa shape index (κ1) is 11.5. The van der Waals surface area contributed by atoms with Crippen LogP contribution in [0.4, 0.5) is 0 Å². The highest BCUT2D eigenvalue weighted by molar-refractivity contribution is 5.80. The number of H-pyrrole nitrogens is 1. The van der Waals surface area contributed by atoms with Crippen LogP contribution in [0.15, 0.2) is 16.9 Å². The van der Waals surface area contributed by atoms with Gasteiger partial charge in [-0.2, -0.15) is 0 Å². The number of rotatable bonds is 2.